The van der Waals surface area contributed by atoms with Crippen LogP contribution in [0.3, 0.4) is 0 Å². The van der Waals surface area contributed by atoms with Gasteiger partial charge in [-0.05, 0) is 64.7 Å². The molecule has 0 aliphatic heterocycles. The van der Waals surface area contributed by atoms with Gasteiger partial charge < -0.3 is 10.6 Å². The van der Waals surface area contributed by atoms with Crippen molar-refractivity contribution in [2.75, 3.05) is 11.9 Å². The van der Waals surface area contributed by atoms with Gasteiger partial charge in [0, 0.05) is 16.0 Å². The van der Waals surface area contributed by atoms with E-state index in [-0.39, 0.29) is 0 Å². The molecule has 0 saturated carbocycles. The lowest BCUT2D eigenvalue weighted by atomic mass is 10.1. The fourth-order valence-electron chi connectivity index (χ4n) is 1.99. The molecule has 23 heavy (non-hydrogen) atoms. The molecule has 0 spiro atoms. The lowest BCUT2D eigenvalue weighted by molar-refractivity contribution is -0.136. The summed E-state index contributed by atoms with van der Waals surface area (Å²) in [4.78, 5) is 23.7. The van der Waals surface area contributed by atoms with Gasteiger partial charge in [0.05, 0.1) is 5.69 Å². The van der Waals surface area contributed by atoms with E-state index in [1.807, 2.05) is 37.3 Å². The number of carbonyl (C=O) groups excluding carboxylic acids is 2. The predicted octanol–water partition coefficient (Wildman–Crippen LogP) is 3.71. The third-order valence-electron chi connectivity index (χ3n) is 3.17. The zero-order valence-electron chi connectivity index (χ0n) is 12.5. The van der Waals surface area contributed by atoms with Crippen LogP contribution in [0, 0.1) is 6.92 Å². The molecule has 2 rings (SSSR count). The zero-order valence-corrected chi connectivity index (χ0v) is 14.9. The minimum Gasteiger partial charge on any atom is -0.347 e. The number of amides is 2. The standard InChI is InChI=1S/C17H16BrClN2O2/c1-11-5-6-15(14(18)9-11)21-17(23)16(22)20-8-7-12-3-2-4-13(19)10-12/h2-6,9-10H,7-8H2,1H3,(H,20,22)(H,21,23). The van der Waals surface area contributed by atoms with Gasteiger partial charge in [-0.2, -0.15) is 0 Å². The Bertz CT molecular complexity index is 734. The molecule has 0 atom stereocenters. The lowest BCUT2D eigenvalue weighted by Gasteiger charge is -2.09. The number of hydrogen-bond acceptors (Lipinski definition) is 2. The molecule has 120 valence electrons. The Hall–Kier alpha value is -1.85. The van der Waals surface area contributed by atoms with Gasteiger partial charge in [0.1, 0.15) is 0 Å². The molecule has 4 nitrogen and oxygen atoms in total. The number of halogens is 2. The summed E-state index contributed by atoms with van der Waals surface area (Å²) in [7, 11) is 0. The van der Waals surface area contributed by atoms with Crippen molar-refractivity contribution in [1.82, 2.24) is 5.32 Å². The highest BCUT2D eigenvalue weighted by molar-refractivity contribution is 9.10. The predicted molar refractivity (Wildman–Crippen MR) is 95.7 cm³/mol. The zero-order chi connectivity index (χ0) is 16.8. The quantitative estimate of drug-likeness (QED) is 0.775. The van der Waals surface area contributed by atoms with Crippen LogP contribution >= 0.6 is 27.5 Å². The summed E-state index contributed by atoms with van der Waals surface area (Å²) in [5.74, 6) is -1.36. The van der Waals surface area contributed by atoms with Crippen molar-refractivity contribution in [2.45, 2.75) is 13.3 Å². The number of hydrogen-bond donors (Lipinski definition) is 2. The van der Waals surface area contributed by atoms with Crippen LogP contribution in [0.5, 0.6) is 0 Å². The molecule has 0 aromatic heterocycles. The molecular weight excluding hydrogens is 380 g/mol. The Morgan fingerprint density at radius 2 is 1.91 bits per heavy atom. The first kappa shape index (κ1) is 17.5. The summed E-state index contributed by atoms with van der Waals surface area (Å²) in [5, 5.41) is 5.82. The third-order valence-corrected chi connectivity index (χ3v) is 4.06. The highest BCUT2D eigenvalue weighted by Gasteiger charge is 2.14. The van der Waals surface area contributed by atoms with Crippen molar-refractivity contribution in [2.24, 2.45) is 0 Å². The molecule has 2 amide bonds. The second-order valence-electron chi connectivity index (χ2n) is 5.07. The first-order chi connectivity index (χ1) is 11.0. The molecule has 2 aromatic carbocycles. The minimum atomic E-state index is -0.694. The van der Waals surface area contributed by atoms with E-state index in [0.29, 0.717) is 23.7 Å². The second kappa shape index (κ2) is 8.13. The van der Waals surface area contributed by atoms with E-state index >= 15 is 0 Å². The lowest BCUT2D eigenvalue weighted by Crippen LogP contribution is -2.36. The van der Waals surface area contributed by atoms with Crippen LogP contribution < -0.4 is 10.6 Å². The highest BCUT2D eigenvalue weighted by atomic mass is 79.9. The SMILES string of the molecule is Cc1ccc(NC(=O)C(=O)NCCc2cccc(Cl)c2)c(Br)c1. The van der Waals surface area contributed by atoms with Crippen molar-refractivity contribution in [3.8, 4) is 0 Å². The van der Waals surface area contributed by atoms with Crippen LogP contribution in [0.2, 0.25) is 5.02 Å². The normalized spacial score (nSPS) is 10.2. The number of rotatable bonds is 4. The number of benzene rings is 2. The van der Waals surface area contributed by atoms with Crippen molar-refractivity contribution in [3.63, 3.8) is 0 Å². The summed E-state index contributed by atoms with van der Waals surface area (Å²) >= 11 is 9.25. The number of anilines is 1. The van der Waals surface area contributed by atoms with Crippen molar-refractivity contribution >= 4 is 45.0 Å². The van der Waals surface area contributed by atoms with Crippen molar-refractivity contribution in [3.05, 3.63) is 63.1 Å². The minimum absolute atomic E-state index is 0.363. The maximum atomic E-state index is 11.9. The molecule has 0 fully saturated rings. The third kappa shape index (κ3) is 5.37. The molecule has 0 aliphatic rings. The van der Waals surface area contributed by atoms with Gasteiger partial charge >= 0.3 is 11.8 Å². The molecule has 0 heterocycles. The van der Waals surface area contributed by atoms with Gasteiger partial charge in [0.2, 0.25) is 0 Å². The summed E-state index contributed by atoms with van der Waals surface area (Å²) in [6.45, 7) is 2.31. The first-order valence-corrected chi connectivity index (χ1v) is 8.22. The Morgan fingerprint density at radius 3 is 2.61 bits per heavy atom. The van der Waals surface area contributed by atoms with Gasteiger partial charge in [-0.1, -0.05) is 29.8 Å². The average Bonchev–Trinajstić information content (AvgIpc) is 2.50. The van der Waals surface area contributed by atoms with Gasteiger partial charge in [-0.15, -0.1) is 0 Å². The van der Waals surface area contributed by atoms with Crippen molar-refractivity contribution < 1.29 is 9.59 Å². The summed E-state index contributed by atoms with van der Waals surface area (Å²) in [6.07, 6.45) is 0.605. The van der Waals surface area contributed by atoms with Gasteiger partial charge in [0.25, 0.3) is 0 Å². The monoisotopic (exact) mass is 394 g/mol. The van der Waals surface area contributed by atoms with Gasteiger partial charge in [-0.3, -0.25) is 9.59 Å². The van der Waals surface area contributed by atoms with Gasteiger partial charge in [0.15, 0.2) is 0 Å². The summed E-state index contributed by atoms with van der Waals surface area (Å²) in [5.41, 5.74) is 2.62. The van der Waals surface area contributed by atoms with E-state index in [2.05, 4.69) is 26.6 Å². The number of carbonyl (C=O) groups is 2. The van der Waals surface area contributed by atoms with Crippen LogP contribution in [0.25, 0.3) is 0 Å². The molecule has 0 unspecified atom stereocenters. The summed E-state index contributed by atoms with van der Waals surface area (Å²) < 4.78 is 0.734. The smallest absolute Gasteiger partial charge is 0.313 e. The van der Waals surface area contributed by atoms with E-state index in [0.717, 1.165) is 15.6 Å². The number of aryl methyl sites for hydroxylation is 1. The maximum Gasteiger partial charge on any atom is 0.313 e. The van der Waals surface area contributed by atoms with Crippen LogP contribution in [0.4, 0.5) is 5.69 Å². The van der Waals surface area contributed by atoms with Crippen LogP contribution in [-0.2, 0) is 16.0 Å². The summed E-state index contributed by atoms with van der Waals surface area (Å²) in [6, 6.07) is 12.9. The molecular formula is C17H16BrClN2O2. The van der Waals surface area contributed by atoms with Crippen LogP contribution in [0.1, 0.15) is 11.1 Å². The van der Waals surface area contributed by atoms with Crippen LogP contribution in [0.15, 0.2) is 46.9 Å². The Labute approximate surface area is 148 Å². The van der Waals surface area contributed by atoms with E-state index in [4.69, 9.17) is 11.6 Å². The Morgan fingerprint density at radius 1 is 1.13 bits per heavy atom. The topological polar surface area (TPSA) is 58.2 Å². The molecule has 2 N–H and O–H groups in total. The highest BCUT2D eigenvalue weighted by Crippen LogP contribution is 2.23. The molecule has 0 saturated heterocycles. The average molecular weight is 396 g/mol. The van der Waals surface area contributed by atoms with Crippen LogP contribution in [-0.4, -0.2) is 18.4 Å². The van der Waals surface area contributed by atoms with E-state index in [1.165, 1.54) is 0 Å². The van der Waals surface area contributed by atoms with E-state index < -0.39 is 11.8 Å². The first-order valence-electron chi connectivity index (χ1n) is 7.05. The molecule has 0 aliphatic carbocycles. The Kier molecular flexibility index (Phi) is 6.19. The molecule has 6 heteroatoms. The molecule has 0 bridgehead atoms. The van der Waals surface area contributed by atoms with E-state index in [1.54, 1.807) is 12.1 Å². The molecule has 0 radical (unpaired) electrons. The van der Waals surface area contributed by atoms with E-state index in [9.17, 15) is 9.59 Å². The number of nitrogens with one attached hydrogen (secondary N) is 2. The second-order valence-corrected chi connectivity index (χ2v) is 6.36. The fourth-order valence-corrected chi connectivity index (χ4v) is 2.80. The van der Waals surface area contributed by atoms with Gasteiger partial charge in [-0.25, -0.2) is 0 Å². The maximum absolute atomic E-state index is 11.9. The fraction of sp³-hybridized carbons (Fsp3) is 0.176. The van der Waals surface area contributed by atoms with Crippen molar-refractivity contribution in [1.29, 1.82) is 0 Å². The molecule has 2 aromatic rings. The largest absolute Gasteiger partial charge is 0.347 e. The Balaban J connectivity index is 1.84.